The first-order valence-corrected chi connectivity index (χ1v) is 12.3. The molecule has 0 unspecified atom stereocenters. The lowest BCUT2D eigenvalue weighted by Gasteiger charge is -2.37. The quantitative estimate of drug-likeness (QED) is 0.688. The molecule has 2 atom stereocenters. The van der Waals surface area contributed by atoms with Crippen LogP contribution in [0.25, 0.3) is 0 Å². The number of halogens is 3. The zero-order valence-corrected chi connectivity index (χ0v) is 17.8. The van der Waals surface area contributed by atoms with Gasteiger partial charge in [-0.3, -0.25) is 4.98 Å². The third kappa shape index (κ3) is 4.37. The second-order valence-electron chi connectivity index (χ2n) is 7.52. The molecule has 1 aromatic carbocycles. The fourth-order valence-corrected chi connectivity index (χ4v) is 5.80. The van der Waals surface area contributed by atoms with E-state index in [0.717, 1.165) is 24.5 Å². The molecular formula is C19H20F3NO5S2. The van der Waals surface area contributed by atoms with Crippen molar-refractivity contribution in [2.75, 3.05) is 12.9 Å². The van der Waals surface area contributed by atoms with Gasteiger partial charge in [0.05, 0.1) is 26.2 Å². The summed E-state index contributed by atoms with van der Waals surface area (Å²) in [7, 11) is -7.67. The molecule has 164 valence electrons. The molecule has 0 aliphatic carbocycles. The lowest BCUT2D eigenvalue weighted by molar-refractivity contribution is -0.137. The largest absolute Gasteiger partial charge is 0.416 e. The number of alkyl halides is 3. The molecule has 1 aliphatic heterocycles. The van der Waals surface area contributed by atoms with Gasteiger partial charge in [0.2, 0.25) is 0 Å². The number of rotatable bonds is 4. The van der Waals surface area contributed by atoms with Crippen LogP contribution in [0.5, 0.6) is 0 Å². The van der Waals surface area contributed by atoms with Gasteiger partial charge < -0.3 is 4.74 Å². The fourth-order valence-electron chi connectivity index (χ4n) is 3.37. The average molecular weight is 463 g/mol. The third-order valence-corrected chi connectivity index (χ3v) is 8.84. The zero-order valence-electron chi connectivity index (χ0n) is 16.2. The van der Waals surface area contributed by atoms with Crippen LogP contribution in [-0.2, 0) is 30.6 Å². The highest BCUT2D eigenvalue weighted by molar-refractivity contribution is 7.92. The van der Waals surface area contributed by atoms with E-state index in [1.54, 1.807) is 0 Å². The molecule has 30 heavy (non-hydrogen) atoms. The summed E-state index contributed by atoms with van der Waals surface area (Å²) >= 11 is 0. The van der Waals surface area contributed by atoms with Crippen molar-refractivity contribution in [2.45, 2.75) is 46.6 Å². The monoisotopic (exact) mass is 463 g/mol. The molecule has 1 aromatic heterocycles. The maximum absolute atomic E-state index is 13.3. The van der Waals surface area contributed by atoms with E-state index < -0.39 is 47.2 Å². The maximum atomic E-state index is 13.3. The van der Waals surface area contributed by atoms with Crippen LogP contribution < -0.4 is 0 Å². The van der Waals surface area contributed by atoms with Crippen LogP contribution in [0.1, 0.15) is 37.0 Å². The summed E-state index contributed by atoms with van der Waals surface area (Å²) in [4.78, 5) is 3.46. The topological polar surface area (TPSA) is 90.4 Å². The molecule has 1 saturated heterocycles. The van der Waals surface area contributed by atoms with Crippen LogP contribution in [0.4, 0.5) is 13.2 Å². The molecule has 3 rings (SSSR count). The van der Waals surface area contributed by atoms with Gasteiger partial charge in [-0.25, -0.2) is 16.8 Å². The number of benzene rings is 1. The SMILES string of the molecule is C[C@]1(S(=O)(=O)c2cccc(C(F)(F)F)c2)CCO[C@H](c2cncc(S(C)(=O)=O)c2)C1. The van der Waals surface area contributed by atoms with Crippen molar-refractivity contribution in [3.63, 3.8) is 0 Å². The minimum absolute atomic E-state index is 0.0309. The smallest absolute Gasteiger partial charge is 0.373 e. The summed E-state index contributed by atoms with van der Waals surface area (Å²) < 4.78 is 93.5. The Morgan fingerprint density at radius 1 is 1.10 bits per heavy atom. The zero-order chi connectivity index (χ0) is 22.4. The lowest BCUT2D eigenvalue weighted by atomic mass is 9.93. The van der Waals surface area contributed by atoms with E-state index in [1.165, 1.54) is 25.4 Å². The van der Waals surface area contributed by atoms with Crippen molar-refractivity contribution in [3.8, 4) is 0 Å². The second-order valence-corrected chi connectivity index (χ2v) is 12.0. The summed E-state index contributed by atoms with van der Waals surface area (Å²) in [6, 6.07) is 5.03. The number of hydrogen-bond donors (Lipinski definition) is 0. The molecule has 2 heterocycles. The summed E-state index contributed by atoms with van der Waals surface area (Å²) in [5.74, 6) is 0. The first kappa shape index (κ1) is 22.7. The number of sulfone groups is 2. The summed E-state index contributed by atoms with van der Waals surface area (Å²) in [5, 5.41) is 0. The Labute approximate surface area is 172 Å². The maximum Gasteiger partial charge on any atom is 0.416 e. The molecule has 0 saturated carbocycles. The van der Waals surface area contributed by atoms with Crippen molar-refractivity contribution >= 4 is 19.7 Å². The van der Waals surface area contributed by atoms with Gasteiger partial charge in [-0.1, -0.05) is 6.07 Å². The van der Waals surface area contributed by atoms with Crippen molar-refractivity contribution in [1.82, 2.24) is 4.98 Å². The van der Waals surface area contributed by atoms with E-state index in [-0.39, 0.29) is 24.3 Å². The average Bonchev–Trinajstić information content (AvgIpc) is 2.67. The Hall–Kier alpha value is -1.98. The number of nitrogens with zero attached hydrogens (tertiary/aromatic N) is 1. The number of pyridine rings is 1. The van der Waals surface area contributed by atoms with Gasteiger partial charge in [0.25, 0.3) is 0 Å². The van der Waals surface area contributed by atoms with Gasteiger partial charge in [0.15, 0.2) is 19.7 Å². The minimum atomic E-state index is -4.66. The minimum Gasteiger partial charge on any atom is -0.373 e. The highest BCUT2D eigenvalue weighted by Crippen LogP contribution is 2.42. The highest BCUT2D eigenvalue weighted by Gasteiger charge is 2.45. The summed E-state index contributed by atoms with van der Waals surface area (Å²) in [6.07, 6.45) is -1.80. The van der Waals surface area contributed by atoms with Crippen LogP contribution in [-0.4, -0.2) is 39.4 Å². The first-order valence-electron chi connectivity index (χ1n) is 8.93. The van der Waals surface area contributed by atoms with Crippen LogP contribution in [0.15, 0.2) is 52.5 Å². The standard InChI is InChI=1S/C19H20F3NO5S2/c1-18(30(26,27)15-5-3-4-14(9-15)19(20,21)22)6-7-28-17(10-18)13-8-16(12-23-11-13)29(2,24)25/h3-5,8-9,11-12,17H,6-7,10H2,1-2H3/t17-,18-/m0/s1. The Morgan fingerprint density at radius 3 is 2.43 bits per heavy atom. The van der Waals surface area contributed by atoms with Crippen molar-refractivity contribution in [2.24, 2.45) is 0 Å². The molecule has 11 heteroatoms. The Morgan fingerprint density at radius 2 is 1.80 bits per heavy atom. The predicted molar refractivity (Wildman–Crippen MR) is 102 cm³/mol. The molecule has 2 aromatic rings. The summed E-state index contributed by atoms with van der Waals surface area (Å²) in [6.45, 7) is 1.51. The van der Waals surface area contributed by atoms with Gasteiger partial charge in [0.1, 0.15) is 0 Å². The van der Waals surface area contributed by atoms with Gasteiger partial charge >= 0.3 is 6.18 Å². The molecule has 6 nitrogen and oxygen atoms in total. The first-order chi connectivity index (χ1) is 13.7. The van der Waals surface area contributed by atoms with E-state index in [2.05, 4.69) is 4.98 Å². The highest BCUT2D eigenvalue weighted by atomic mass is 32.2. The van der Waals surface area contributed by atoms with Crippen LogP contribution >= 0.6 is 0 Å². The van der Waals surface area contributed by atoms with Gasteiger partial charge in [-0.2, -0.15) is 13.2 Å². The third-order valence-electron chi connectivity index (χ3n) is 5.22. The van der Waals surface area contributed by atoms with Crippen LogP contribution in [0.3, 0.4) is 0 Å². The van der Waals surface area contributed by atoms with Crippen molar-refractivity contribution in [1.29, 1.82) is 0 Å². The van der Waals surface area contributed by atoms with Gasteiger partial charge in [-0.05, 0) is 44.0 Å². The van der Waals surface area contributed by atoms with E-state index in [9.17, 15) is 30.0 Å². The molecule has 0 bridgehead atoms. The van der Waals surface area contributed by atoms with Gasteiger partial charge in [-0.15, -0.1) is 0 Å². The van der Waals surface area contributed by atoms with Gasteiger partial charge in [0, 0.05) is 30.8 Å². The molecule has 1 fully saturated rings. The molecule has 0 radical (unpaired) electrons. The molecular weight excluding hydrogens is 443 g/mol. The van der Waals surface area contributed by atoms with Crippen molar-refractivity contribution in [3.05, 3.63) is 53.9 Å². The molecule has 0 spiro atoms. The van der Waals surface area contributed by atoms with E-state index in [1.807, 2.05) is 0 Å². The number of aromatic nitrogens is 1. The fraction of sp³-hybridized carbons (Fsp3) is 0.421. The molecule has 1 aliphatic rings. The normalized spacial score (nSPS) is 23.3. The predicted octanol–water partition coefficient (Wildman–Crippen LogP) is 3.59. The van der Waals surface area contributed by atoms with E-state index in [0.29, 0.717) is 11.6 Å². The molecule has 0 amide bonds. The summed E-state index contributed by atoms with van der Waals surface area (Å²) in [5.41, 5.74) is -0.649. The second kappa shape index (κ2) is 7.61. The van der Waals surface area contributed by atoms with Crippen molar-refractivity contribution < 1.29 is 34.7 Å². The number of ether oxygens (including phenoxy) is 1. The molecule has 0 N–H and O–H groups in total. The Kier molecular flexibility index (Phi) is 5.76. The van der Waals surface area contributed by atoms with E-state index >= 15 is 0 Å². The Balaban J connectivity index is 1.97. The van der Waals surface area contributed by atoms with Crippen LogP contribution in [0, 0.1) is 0 Å². The van der Waals surface area contributed by atoms with Crippen LogP contribution in [0.2, 0.25) is 0 Å². The number of hydrogen-bond acceptors (Lipinski definition) is 6. The Bertz CT molecular complexity index is 1160. The lowest BCUT2D eigenvalue weighted by Crippen LogP contribution is -2.42. The van der Waals surface area contributed by atoms with E-state index in [4.69, 9.17) is 4.74 Å².